The van der Waals surface area contributed by atoms with E-state index < -0.39 is 5.97 Å². The smallest absolute Gasteiger partial charge is 0.303 e. The molecular weight excluding hydrogens is 340 g/mol. The van der Waals surface area contributed by atoms with Crippen LogP contribution in [0.25, 0.3) is 5.57 Å². The molecule has 3 rings (SSSR count). The van der Waals surface area contributed by atoms with Gasteiger partial charge in [-0.15, -0.1) is 0 Å². The number of hydrogen-bond acceptors (Lipinski definition) is 4. The molecule has 0 atom stereocenters. The molecule has 0 amide bonds. The molecule has 0 fully saturated rings. The number of allylic oxidation sites excluding steroid dienone is 1. The molecule has 142 valence electrons. The first-order chi connectivity index (χ1) is 13.1. The average Bonchev–Trinajstić information content (AvgIpc) is 2.69. The van der Waals surface area contributed by atoms with Crippen molar-refractivity contribution in [1.82, 2.24) is 9.97 Å². The Hall–Kier alpha value is -2.69. The fraction of sp³-hybridized carbons (Fsp3) is 0.409. The lowest BCUT2D eigenvalue weighted by atomic mass is 9.91. The molecule has 0 radical (unpaired) electrons. The van der Waals surface area contributed by atoms with Crippen molar-refractivity contribution in [3.63, 3.8) is 0 Å². The highest BCUT2D eigenvalue weighted by Gasteiger charge is 2.17. The van der Waals surface area contributed by atoms with Crippen LogP contribution in [0, 0.1) is 13.8 Å². The predicted molar refractivity (Wildman–Crippen MR) is 105 cm³/mol. The lowest BCUT2D eigenvalue weighted by Crippen LogP contribution is -2.10. The van der Waals surface area contributed by atoms with Gasteiger partial charge in [-0.25, -0.2) is 9.97 Å². The minimum absolute atomic E-state index is 0.147. The van der Waals surface area contributed by atoms with E-state index in [1.54, 1.807) is 12.4 Å². The van der Waals surface area contributed by atoms with Crippen LogP contribution in [0.3, 0.4) is 0 Å². The number of benzene rings is 1. The summed E-state index contributed by atoms with van der Waals surface area (Å²) in [7, 11) is 0. The van der Waals surface area contributed by atoms with Crippen LogP contribution >= 0.6 is 0 Å². The van der Waals surface area contributed by atoms with E-state index in [1.165, 1.54) is 17.6 Å². The second kappa shape index (κ2) is 8.80. The zero-order chi connectivity index (χ0) is 19.2. The lowest BCUT2D eigenvalue weighted by molar-refractivity contribution is -0.136. The van der Waals surface area contributed by atoms with Crippen molar-refractivity contribution in [1.29, 1.82) is 0 Å². The van der Waals surface area contributed by atoms with Crippen LogP contribution in [-0.4, -0.2) is 27.7 Å². The maximum Gasteiger partial charge on any atom is 0.303 e. The summed E-state index contributed by atoms with van der Waals surface area (Å²) in [4.78, 5) is 19.6. The summed E-state index contributed by atoms with van der Waals surface area (Å²) in [5.74, 6) is 0.901. The number of nitrogens with zero attached hydrogens (tertiary/aromatic N) is 2. The van der Waals surface area contributed by atoms with Gasteiger partial charge in [0.15, 0.2) is 5.82 Å². The Bertz CT molecular complexity index is 844. The maximum atomic E-state index is 10.8. The molecule has 5 nitrogen and oxygen atoms in total. The molecule has 1 aliphatic rings. The number of aliphatic carboxylic acids is 1. The van der Waals surface area contributed by atoms with Crippen molar-refractivity contribution < 1.29 is 14.6 Å². The van der Waals surface area contributed by atoms with E-state index in [0.29, 0.717) is 13.0 Å². The number of carboxylic acids is 1. The molecule has 0 unspecified atom stereocenters. The van der Waals surface area contributed by atoms with Crippen LogP contribution in [-0.2, 0) is 11.2 Å². The largest absolute Gasteiger partial charge is 0.489 e. The van der Waals surface area contributed by atoms with Gasteiger partial charge in [-0.05, 0) is 85.9 Å². The van der Waals surface area contributed by atoms with Crippen molar-refractivity contribution in [2.75, 3.05) is 6.61 Å². The Morgan fingerprint density at radius 2 is 1.85 bits per heavy atom. The third-order valence-corrected chi connectivity index (χ3v) is 5.28. The van der Waals surface area contributed by atoms with Gasteiger partial charge in [0.2, 0.25) is 0 Å². The van der Waals surface area contributed by atoms with Gasteiger partial charge < -0.3 is 9.84 Å². The summed E-state index contributed by atoms with van der Waals surface area (Å²) in [5.41, 5.74) is 5.75. The summed E-state index contributed by atoms with van der Waals surface area (Å²) in [6.45, 7) is 4.61. The van der Waals surface area contributed by atoms with Crippen molar-refractivity contribution in [3.8, 4) is 5.75 Å². The number of hydrogen-bond donors (Lipinski definition) is 1. The summed E-state index contributed by atoms with van der Waals surface area (Å²) < 4.78 is 6.16. The molecule has 0 aliphatic heterocycles. The molecule has 1 aliphatic carbocycles. The number of carbonyl (C=O) groups is 1. The SMILES string of the molecule is Cc1c(CCC(=O)O)ccc(OCC2=C(c3ncccn3)CCCC2)c1C. The van der Waals surface area contributed by atoms with Crippen LogP contribution in [0.5, 0.6) is 5.75 Å². The van der Waals surface area contributed by atoms with E-state index in [4.69, 9.17) is 9.84 Å². The lowest BCUT2D eigenvalue weighted by Gasteiger charge is -2.21. The third-order valence-electron chi connectivity index (χ3n) is 5.28. The number of ether oxygens (including phenoxy) is 1. The van der Waals surface area contributed by atoms with E-state index in [9.17, 15) is 4.79 Å². The molecule has 0 spiro atoms. The van der Waals surface area contributed by atoms with Gasteiger partial charge in [-0.2, -0.15) is 0 Å². The van der Waals surface area contributed by atoms with Crippen LogP contribution in [0.4, 0.5) is 0 Å². The van der Waals surface area contributed by atoms with Crippen LogP contribution in [0.15, 0.2) is 36.2 Å². The zero-order valence-corrected chi connectivity index (χ0v) is 16.0. The Balaban J connectivity index is 1.76. The topological polar surface area (TPSA) is 72.3 Å². The highest BCUT2D eigenvalue weighted by molar-refractivity contribution is 5.67. The summed E-state index contributed by atoms with van der Waals surface area (Å²) in [6, 6.07) is 5.78. The summed E-state index contributed by atoms with van der Waals surface area (Å²) >= 11 is 0. The summed E-state index contributed by atoms with van der Waals surface area (Å²) in [6.07, 6.45) is 8.60. The molecular formula is C22H26N2O3. The molecule has 5 heteroatoms. The monoisotopic (exact) mass is 366 g/mol. The van der Waals surface area contributed by atoms with Crippen LogP contribution in [0.2, 0.25) is 0 Å². The first-order valence-corrected chi connectivity index (χ1v) is 9.48. The van der Waals surface area contributed by atoms with Gasteiger partial charge in [0.05, 0.1) is 0 Å². The van der Waals surface area contributed by atoms with Gasteiger partial charge in [0.1, 0.15) is 12.4 Å². The van der Waals surface area contributed by atoms with Crippen molar-refractivity contribution >= 4 is 11.5 Å². The molecule has 2 aromatic rings. The van der Waals surface area contributed by atoms with Gasteiger partial charge in [-0.3, -0.25) is 4.79 Å². The highest BCUT2D eigenvalue weighted by Crippen LogP contribution is 2.32. The highest BCUT2D eigenvalue weighted by atomic mass is 16.5. The number of aryl methyl sites for hydroxylation is 1. The average molecular weight is 366 g/mol. The maximum absolute atomic E-state index is 10.8. The van der Waals surface area contributed by atoms with Gasteiger partial charge in [-0.1, -0.05) is 6.07 Å². The first kappa shape index (κ1) is 19.1. The molecule has 1 heterocycles. The minimum Gasteiger partial charge on any atom is -0.489 e. The van der Waals surface area contributed by atoms with E-state index in [-0.39, 0.29) is 6.42 Å². The molecule has 1 aromatic carbocycles. The van der Waals surface area contributed by atoms with Crippen molar-refractivity contribution in [2.24, 2.45) is 0 Å². The molecule has 0 saturated carbocycles. The predicted octanol–water partition coefficient (Wildman–Crippen LogP) is 4.52. The standard InChI is InChI=1S/C22H26N2O3/c1-15-16(2)20(10-8-17(15)9-11-21(25)26)27-14-18-6-3-4-7-19(18)22-23-12-5-13-24-22/h5,8,10,12-13H,3-4,6-7,9,11,14H2,1-2H3,(H,25,26). The molecule has 27 heavy (non-hydrogen) atoms. The number of aromatic nitrogens is 2. The molecule has 1 aromatic heterocycles. The Morgan fingerprint density at radius 3 is 2.59 bits per heavy atom. The molecule has 0 bridgehead atoms. The van der Waals surface area contributed by atoms with Crippen LogP contribution in [0.1, 0.15) is 54.6 Å². The van der Waals surface area contributed by atoms with E-state index in [1.807, 2.05) is 32.0 Å². The third kappa shape index (κ3) is 4.73. The van der Waals surface area contributed by atoms with E-state index in [0.717, 1.165) is 47.5 Å². The quantitative estimate of drug-likeness (QED) is 0.780. The minimum atomic E-state index is -0.771. The number of carboxylic acid groups (broad SMARTS) is 1. The molecule has 0 saturated heterocycles. The van der Waals surface area contributed by atoms with E-state index in [2.05, 4.69) is 9.97 Å². The Labute approximate surface area is 160 Å². The van der Waals surface area contributed by atoms with Crippen LogP contribution < -0.4 is 4.74 Å². The second-order valence-electron chi connectivity index (χ2n) is 7.02. The van der Waals surface area contributed by atoms with Gasteiger partial charge in [0, 0.05) is 18.8 Å². The molecule has 1 N–H and O–H groups in total. The Morgan fingerprint density at radius 1 is 1.11 bits per heavy atom. The summed E-state index contributed by atoms with van der Waals surface area (Å²) in [5, 5.41) is 8.90. The Kier molecular flexibility index (Phi) is 6.22. The first-order valence-electron chi connectivity index (χ1n) is 9.48. The van der Waals surface area contributed by atoms with Gasteiger partial charge >= 0.3 is 5.97 Å². The normalized spacial score (nSPS) is 14.3. The van der Waals surface area contributed by atoms with Gasteiger partial charge in [0.25, 0.3) is 0 Å². The number of rotatable bonds is 7. The van der Waals surface area contributed by atoms with E-state index >= 15 is 0 Å². The van der Waals surface area contributed by atoms with Crippen molar-refractivity contribution in [2.45, 2.75) is 52.4 Å². The second-order valence-corrected chi connectivity index (χ2v) is 7.02. The zero-order valence-electron chi connectivity index (χ0n) is 16.0. The fourth-order valence-corrected chi connectivity index (χ4v) is 3.54. The fourth-order valence-electron chi connectivity index (χ4n) is 3.54. The van der Waals surface area contributed by atoms with Crippen molar-refractivity contribution in [3.05, 3.63) is 58.7 Å².